The van der Waals surface area contributed by atoms with Gasteiger partial charge in [-0.05, 0) is 97.6 Å². The van der Waals surface area contributed by atoms with Gasteiger partial charge < -0.3 is 14.8 Å². The highest BCUT2D eigenvalue weighted by molar-refractivity contribution is 7.80. The highest BCUT2D eigenvalue weighted by Crippen LogP contribution is 2.44. The predicted octanol–water partition coefficient (Wildman–Crippen LogP) is 7.35. The van der Waals surface area contributed by atoms with E-state index in [4.69, 9.17) is 17.2 Å². The molecule has 2 atom stereocenters. The van der Waals surface area contributed by atoms with Crippen LogP contribution in [-0.4, -0.2) is 14.7 Å². The molecule has 3 heterocycles. The number of thiocarbonyl (C=S) groups is 1. The monoisotopic (exact) mass is 494 g/mol. The molecule has 36 heavy (non-hydrogen) atoms. The van der Waals surface area contributed by atoms with Crippen molar-refractivity contribution in [3.05, 3.63) is 113 Å². The van der Waals surface area contributed by atoms with Gasteiger partial charge in [-0.2, -0.15) is 0 Å². The fraction of sp³-hybridized carbons (Fsp3) is 0.290. The molecule has 2 aromatic carbocycles. The Bertz CT molecular complexity index is 1350. The topological polar surface area (TPSA) is 33.1 Å². The molecule has 5 heteroatoms. The molecule has 1 N–H and O–H groups in total. The lowest BCUT2D eigenvalue weighted by Gasteiger charge is -2.28. The smallest absolute Gasteiger partial charge is 0.174 e. The summed E-state index contributed by atoms with van der Waals surface area (Å²) < 4.78 is 2.35. The Morgan fingerprint density at radius 1 is 0.944 bits per heavy atom. The molecule has 1 fully saturated rings. The van der Waals surface area contributed by atoms with E-state index in [1.54, 1.807) is 0 Å². The van der Waals surface area contributed by atoms with Gasteiger partial charge in [0.2, 0.25) is 0 Å². The molecule has 1 aliphatic heterocycles. The second kappa shape index (κ2) is 9.90. The number of aryl methyl sites for hydroxylation is 2. The Hall–Kier alpha value is -3.44. The number of benzene rings is 2. The van der Waals surface area contributed by atoms with Crippen molar-refractivity contribution in [2.45, 2.75) is 59.0 Å². The van der Waals surface area contributed by atoms with E-state index in [1.807, 2.05) is 18.3 Å². The summed E-state index contributed by atoms with van der Waals surface area (Å²) in [7, 11) is 0. The molecule has 5 rings (SSSR count). The van der Waals surface area contributed by atoms with Crippen LogP contribution in [0.5, 0.6) is 0 Å². The van der Waals surface area contributed by atoms with E-state index >= 15 is 0 Å². The summed E-state index contributed by atoms with van der Waals surface area (Å²) in [5.41, 5.74) is 9.62. The third-order valence-electron chi connectivity index (χ3n) is 7.33. The number of nitrogens with one attached hydrogen (secondary N) is 1. The summed E-state index contributed by atoms with van der Waals surface area (Å²) in [5, 5.41) is 4.33. The Labute approximate surface area is 220 Å². The summed E-state index contributed by atoms with van der Waals surface area (Å²) in [6.45, 7) is 11.0. The summed E-state index contributed by atoms with van der Waals surface area (Å²) in [6, 6.07) is 26.0. The average Bonchev–Trinajstić information content (AvgIpc) is 3.39. The third kappa shape index (κ3) is 4.33. The zero-order valence-electron chi connectivity index (χ0n) is 21.7. The van der Waals surface area contributed by atoms with E-state index < -0.39 is 0 Å². The zero-order chi connectivity index (χ0) is 25.4. The standard InChI is InChI=1S/C31H34N4S/c1-6-23-10-14-25(15-11-23)34-21(4)19-27(22(34)5)30-29(28-9-7-8-18-32-28)33-31(36)35(30)26-16-12-24(13-17-26)20(2)3/h7-20,29-30H,6H2,1-5H3,(H,33,36)/t29-,30+/m0/s1. The van der Waals surface area contributed by atoms with Crippen molar-refractivity contribution in [3.8, 4) is 5.69 Å². The summed E-state index contributed by atoms with van der Waals surface area (Å²) in [4.78, 5) is 6.99. The molecule has 0 unspecified atom stereocenters. The largest absolute Gasteiger partial charge is 0.351 e. The van der Waals surface area contributed by atoms with Crippen molar-refractivity contribution >= 4 is 23.0 Å². The third-order valence-corrected chi connectivity index (χ3v) is 7.64. The highest BCUT2D eigenvalue weighted by Gasteiger charge is 2.42. The van der Waals surface area contributed by atoms with Gasteiger partial charge in [0.05, 0.1) is 17.8 Å². The van der Waals surface area contributed by atoms with Crippen molar-refractivity contribution in [1.29, 1.82) is 0 Å². The summed E-state index contributed by atoms with van der Waals surface area (Å²) >= 11 is 5.95. The quantitative estimate of drug-likeness (QED) is 0.284. The molecular weight excluding hydrogens is 460 g/mol. The molecule has 2 aromatic heterocycles. The Morgan fingerprint density at radius 2 is 1.64 bits per heavy atom. The van der Waals surface area contributed by atoms with Crippen LogP contribution in [0.1, 0.15) is 72.5 Å². The molecule has 184 valence electrons. The van der Waals surface area contributed by atoms with Gasteiger partial charge in [0, 0.05) is 29.0 Å². The molecule has 1 saturated heterocycles. The zero-order valence-corrected chi connectivity index (χ0v) is 22.5. The average molecular weight is 495 g/mol. The molecule has 0 spiro atoms. The molecule has 1 aliphatic rings. The minimum Gasteiger partial charge on any atom is -0.351 e. The van der Waals surface area contributed by atoms with Crippen molar-refractivity contribution < 1.29 is 0 Å². The van der Waals surface area contributed by atoms with Crippen LogP contribution < -0.4 is 10.2 Å². The normalized spacial score (nSPS) is 17.6. The lowest BCUT2D eigenvalue weighted by molar-refractivity contribution is 0.565. The van der Waals surface area contributed by atoms with Crippen molar-refractivity contribution in [3.63, 3.8) is 0 Å². The molecule has 0 bridgehead atoms. The van der Waals surface area contributed by atoms with Gasteiger partial charge in [-0.1, -0.05) is 51.1 Å². The van der Waals surface area contributed by atoms with Crippen LogP contribution in [-0.2, 0) is 6.42 Å². The van der Waals surface area contributed by atoms with Crippen molar-refractivity contribution in [2.75, 3.05) is 4.90 Å². The van der Waals surface area contributed by atoms with E-state index in [1.165, 1.54) is 33.8 Å². The van der Waals surface area contributed by atoms with E-state index in [-0.39, 0.29) is 12.1 Å². The first-order valence-corrected chi connectivity index (χ1v) is 13.2. The molecule has 0 radical (unpaired) electrons. The summed E-state index contributed by atoms with van der Waals surface area (Å²) in [5.74, 6) is 0.484. The minimum atomic E-state index is -0.0557. The van der Waals surface area contributed by atoms with Crippen LogP contribution in [0.15, 0.2) is 79.0 Å². The van der Waals surface area contributed by atoms with Gasteiger partial charge >= 0.3 is 0 Å². The second-order valence-electron chi connectivity index (χ2n) is 9.92. The Morgan fingerprint density at radius 3 is 2.25 bits per heavy atom. The lowest BCUT2D eigenvalue weighted by Crippen LogP contribution is -2.29. The number of hydrogen-bond acceptors (Lipinski definition) is 2. The SMILES string of the molecule is CCc1ccc(-n2c(C)cc([C@@H]3[C@H](c4ccccn4)NC(=S)N3c3ccc(C(C)C)cc3)c2C)cc1. The Balaban J connectivity index is 1.63. The maximum atomic E-state index is 5.95. The number of aromatic nitrogens is 2. The number of anilines is 1. The maximum Gasteiger partial charge on any atom is 0.174 e. The van der Waals surface area contributed by atoms with Gasteiger partial charge in [0.1, 0.15) is 0 Å². The fourth-order valence-electron chi connectivity index (χ4n) is 5.33. The summed E-state index contributed by atoms with van der Waals surface area (Å²) in [6.07, 6.45) is 2.90. The second-order valence-corrected chi connectivity index (χ2v) is 10.3. The first-order chi connectivity index (χ1) is 17.4. The first-order valence-electron chi connectivity index (χ1n) is 12.8. The van der Waals surface area contributed by atoms with Gasteiger partial charge in [-0.15, -0.1) is 0 Å². The number of hydrogen-bond donors (Lipinski definition) is 1. The van der Waals surface area contributed by atoms with Crippen LogP contribution in [0, 0.1) is 13.8 Å². The lowest BCUT2D eigenvalue weighted by atomic mass is 9.96. The van der Waals surface area contributed by atoms with Gasteiger partial charge in [-0.25, -0.2) is 0 Å². The van der Waals surface area contributed by atoms with Crippen LogP contribution in [0.25, 0.3) is 5.69 Å². The molecule has 0 aliphatic carbocycles. The molecule has 4 nitrogen and oxygen atoms in total. The fourth-order valence-corrected chi connectivity index (χ4v) is 5.68. The molecule has 4 aromatic rings. The highest BCUT2D eigenvalue weighted by atomic mass is 32.1. The van der Waals surface area contributed by atoms with E-state index in [0.29, 0.717) is 5.92 Å². The first kappa shape index (κ1) is 24.3. The van der Waals surface area contributed by atoms with Gasteiger partial charge in [0.25, 0.3) is 0 Å². The van der Waals surface area contributed by atoms with Gasteiger partial charge in [0.15, 0.2) is 5.11 Å². The predicted molar refractivity (Wildman–Crippen MR) is 153 cm³/mol. The van der Waals surface area contributed by atoms with E-state index in [2.05, 4.69) is 110 Å². The van der Waals surface area contributed by atoms with Crippen molar-refractivity contribution in [2.24, 2.45) is 0 Å². The van der Waals surface area contributed by atoms with E-state index in [9.17, 15) is 0 Å². The van der Waals surface area contributed by atoms with Crippen LogP contribution >= 0.6 is 12.2 Å². The molecular formula is C31H34N4S. The number of rotatable bonds is 6. The minimum absolute atomic E-state index is 0.0211. The van der Waals surface area contributed by atoms with Crippen LogP contribution in [0.3, 0.4) is 0 Å². The maximum absolute atomic E-state index is 5.95. The number of pyridine rings is 1. The Kier molecular flexibility index (Phi) is 6.67. The molecule has 0 amide bonds. The van der Waals surface area contributed by atoms with Gasteiger partial charge in [-0.3, -0.25) is 4.98 Å². The van der Waals surface area contributed by atoms with Crippen LogP contribution in [0.2, 0.25) is 0 Å². The van der Waals surface area contributed by atoms with Crippen LogP contribution in [0.4, 0.5) is 5.69 Å². The molecule has 0 saturated carbocycles. The van der Waals surface area contributed by atoms with Crippen molar-refractivity contribution in [1.82, 2.24) is 14.9 Å². The van der Waals surface area contributed by atoms with E-state index in [0.717, 1.165) is 22.9 Å². The number of nitrogens with zero attached hydrogens (tertiary/aromatic N) is 3.